The van der Waals surface area contributed by atoms with Gasteiger partial charge in [-0.2, -0.15) is 0 Å². The Morgan fingerprint density at radius 1 is 1.31 bits per heavy atom. The van der Waals surface area contributed by atoms with Crippen LogP contribution in [0, 0.1) is 11.3 Å². The number of rotatable bonds is 5. The molecule has 1 nitrogen and oxygen atoms in total. The first kappa shape index (κ1) is 12.5. The molecule has 4 atom stereocenters. The van der Waals surface area contributed by atoms with Gasteiger partial charge in [0.05, 0.1) is 0 Å². The van der Waals surface area contributed by atoms with Crippen LogP contribution in [0.1, 0.15) is 65.7 Å². The fraction of sp³-hybridized carbons (Fsp3) is 1.00. The van der Waals surface area contributed by atoms with Gasteiger partial charge in [-0.15, -0.1) is 0 Å². The van der Waals surface area contributed by atoms with E-state index in [-0.39, 0.29) is 0 Å². The van der Waals surface area contributed by atoms with E-state index in [4.69, 9.17) is 0 Å². The van der Waals surface area contributed by atoms with Gasteiger partial charge < -0.3 is 4.81 Å². The summed E-state index contributed by atoms with van der Waals surface area (Å²) in [5, 5.41) is 0. The number of piperidine rings is 1. The molecule has 1 aliphatic carbocycles. The van der Waals surface area contributed by atoms with Gasteiger partial charge in [0.25, 0.3) is 0 Å². The first-order chi connectivity index (χ1) is 7.62. The van der Waals surface area contributed by atoms with Crippen molar-refractivity contribution in [1.29, 1.82) is 0 Å². The lowest BCUT2D eigenvalue weighted by Crippen LogP contribution is -2.48. The lowest BCUT2D eigenvalue weighted by Gasteiger charge is -2.45. The molecule has 16 heavy (non-hydrogen) atoms. The average molecular weight is 221 g/mol. The van der Waals surface area contributed by atoms with Crippen LogP contribution in [0.3, 0.4) is 0 Å². The number of fused-ring (bicyclic) bond motifs is 2. The van der Waals surface area contributed by atoms with E-state index in [0.29, 0.717) is 5.41 Å². The summed E-state index contributed by atoms with van der Waals surface area (Å²) in [4.78, 5) is 2.73. The summed E-state index contributed by atoms with van der Waals surface area (Å²) in [7, 11) is 2.38. The van der Waals surface area contributed by atoms with Gasteiger partial charge in [0.1, 0.15) is 0 Å². The Balaban J connectivity index is 2.08. The zero-order valence-corrected chi connectivity index (χ0v) is 11.6. The van der Waals surface area contributed by atoms with E-state index < -0.39 is 0 Å². The summed E-state index contributed by atoms with van der Waals surface area (Å²) in [6.45, 7) is 7.26. The fourth-order valence-electron chi connectivity index (χ4n) is 4.38. The van der Waals surface area contributed by atoms with E-state index in [9.17, 15) is 0 Å². The molecule has 92 valence electrons. The summed E-state index contributed by atoms with van der Waals surface area (Å²) in [6, 6.07) is 1.80. The van der Waals surface area contributed by atoms with Gasteiger partial charge in [0, 0.05) is 6.04 Å². The van der Waals surface area contributed by atoms with Crippen molar-refractivity contribution in [3.63, 3.8) is 0 Å². The minimum absolute atomic E-state index is 0.574. The molecule has 2 unspecified atom stereocenters. The SMILES string of the molecule is BN1C(C(C)(CC)CCCC)[C@H]2CC[C@@H]1C2. The van der Waals surface area contributed by atoms with Crippen LogP contribution in [0.25, 0.3) is 0 Å². The molecule has 0 spiro atoms. The summed E-state index contributed by atoms with van der Waals surface area (Å²) >= 11 is 0. The minimum atomic E-state index is 0.574. The Labute approximate surface area is 102 Å². The molecule has 2 heteroatoms. The van der Waals surface area contributed by atoms with Crippen molar-refractivity contribution in [3.8, 4) is 0 Å². The highest BCUT2D eigenvalue weighted by molar-refractivity contribution is 6.05. The minimum Gasteiger partial charge on any atom is -0.343 e. The third-order valence-corrected chi connectivity index (χ3v) is 5.53. The third-order valence-electron chi connectivity index (χ3n) is 5.53. The summed E-state index contributed by atoms with van der Waals surface area (Å²) in [6.07, 6.45) is 9.99. The Hall–Kier alpha value is 0.0249. The molecule has 2 fully saturated rings. The number of unbranched alkanes of at least 4 members (excludes halogenated alkanes) is 1. The average Bonchev–Trinajstić information content (AvgIpc) is 2.86. The molecule has 1 saturated heterocycles. The summed E-state index contributed by atoms with van der Waals surface area (Å²) < 4.78 is 0. The van der Waals surface area contributed by atoms with Crippen LogP contribution in [-0.2, 0) is 0 Å². The van der Waals surface area contributed by atoms with E-state index in [1.165, 1.54) is 44.9 Å². The molecule has 0 amide bonds. The molecule has 1 saturated carbocycles. The molecule has 0 N–H and O–H groups in total. The molecule has 2 rings (SSSR count). The topological polar surface area (TPSA) is 3.24 Å². The van der Waals surface area contributed by atoms with E-state index in [1.807, 2.05) is 0 Å². The molecule has 2 bridgehead atoms. The Kier molecular flexibility index (Phi) is 3.68. The molecule has 0 aromatic rings. The molecule has 0 aromatic heterocycles. The molecular formula is C14H28BN. The maximum absolute atomic E-state index is 2.73. The predicted octanol–water partition coefficient (Wildman–Crippen LogP) is 2.99. The summed E-state index contributed by atoms with van der Waals surface area (Å²) in [5.74, 6) is 1.01. The van der Waals surface area contributed by atoms with Gasteiger partial charge in [0.2, 0.25) is 0 Å². The highest BCUT2D eigenvalue weighted by Crippen LogP contribution is 2.50. The molecule has 1 aliphatic heterocycles. The van der Waals surface area contributed by atoms with Crippen LogP contribution in [0.2, 0.25) is 0 Å². The number of hydrogen-bond donors (Lipinski definition) is 0. The van der Waals surface area contributed by atoms with Gasteiger partial charge in [-0.1, -0.05) is 33.6 Å². The fourth-order valence-corrected chi connectivity index (χ4v) is 4.38. The molecular weight excluding hydrogens is 193 g/mol. The van der Waals surface area contributed by atoms with Crippen molar-refractivity contribution < 1.29 is 0 Å². The standard InChI is InChI=1S/C14H28BN/c1-4-6-9-14(3,5-2)13-11-7-8-12(10-11)16(13)15/h11-13H,4-10,15H2,1-3H3/t11-,12+,13?,14?/m0/s1. The van der Waals surface area contributed by atoms with Crippen LogP contribution in [0.4, 0.5) is 0 Å². The Bertz CT molecular complexity index is 241. The van der Waals surface area contributed by atoms with Gasteiger partial charge in [-0.25, -0.2) is 0 Å². The van der Waals surface area contributed by atoms with Crippen molar-refractivity contribution in [2.75, 3.05) is 0 Å². The van der Waals surface area contributed by atoms with Crippen LogP contribution >= 0.6 is 0 Å². The zero-order valence-electron chi connectivity index (χ0n) is 11.6. The van der Waals surface area contributed by atoms with Crippen molar-refractivity contribution >= 4 is 7.98 Å². The van der Waals surface area contributed by atoms with Gasteiger partial charge in [0.15, 0.2) is 7.98 Å². The monoisotopic (exact) mass is 221 g/mol. The van der Waals surface area contributed by atoms with E-state index >= 15 is 0 Å². The predicted molar refractivity (Wildman–Crippen MR) is 73.2 cm³/mol. The molecule has 1 heterocycles. The molecule has 0 aromatic carbocycles. The van der Waals surface area contributed by atoms with Gasteiger partial charge in [-0.05, 0) is 49.5 Å². The van der Waals surface area contributed by atoms with Crippen molar-refractivity contribution in [2.45, 2.75) is 77.8 Å². The van der Waals surface area contributed by atoms with Crippen molar-refractivity contribution in [2.24, 2.45) is 11.3 Å². The normalized spacial score (nSPS) is 37.8. The summed E-state index contributed by atoms with van der Waals surface area (Å²) in [5.41, 5.74) is 0.574. The zero-order chi connectivity index (χ0) is 11.8. The third kappa shape index (κ3) is 1.94. The van der Waals surface area contributed by atoms with E-state index in [1.54, 1.807) is 0 Å². The second-order valence-electron chi connectivity index (χ2n) is 6.45. The lowest BCUT2D eigenvalue weighted by atomic mass is 9.69. The Morgan fingerprint density at radius 2 is 2.06 bits per heavy atom. The second kappa shape index (κ2) is 4.72. The maximum Gasteiger partial charge on any atom is 0.186 e. The van der Waals surface area contributed by atoms with Crippen LogP contribution in [-0.4, -0.2) is 24.9 Å². The first-order valence-electron chi connectivity index (χ1n) is 7.34. The van der Waals surface area contributed by atoms with Crippen LogP contribution < -0.4 is 0 Å². The van der Waals surface area contributed by atoms with Crippen molar-refractivity contribution in [3.05, 3.63) is 0 Å². The van der Waals surface area contributed by atoms with E-state index in [0.717, 1.165) is 18.0 Å². The highest BCUT2D eigenvalue weighted by Gasteiger charge is 2.50. The Morgan fingerprint density at radius 3 is 2.56 bits per heavy atom. The first-order valence-corrected chi connectivity index (χ1v) is 7.34. The van der Waals surface area contributed by atoms with Crippen LogP contribution in [0.5, 0.6) is 0 Å². The van der Waals surface area contributed by atoms with Gasteiger partial charge in [-0.3, -0.25) is 0 Å². The smallest absolute Gasteiger partial charge is 0.186 e. The number of nitrogens with zero attached hydrogens (tertiary/aromatic N) is 1. The number of hydrogen-bond acceptors (Lipinski definition) is 1. The maximum atomic E-state index is 2.73. The lowest BCUT2D eigenvalue weighted by molar-refractivity contribution is 0.0845. The largest absolute Gasteiger partial charge is 0.343 e. The van der Waals surface area contributed by atoms with Crippen molar-refractivity contribution in [1.82, 2.24) is 4.81 Å². The molecule has 0 radical (unpaired) electrons. The van der Waals surface area contributed by atoms with E-state index in [2.05, 4.69) is 33.6 Å². The molecule has 2 aliphatic rings. The van der Waals surface area contributed by atoms with Gasteiger partial charge >= 0.3 is 0 Å². The quantitative estimate of drug-likeness (QED) is 0.645. The highest BCUT2D eigenvalue weighted by atomic mass is 15.2. The van der Waals surface area contributed by atoms with Crippen LogP contribution in [0.15, 0.2) is 0 Å². The second-order valence-corrected chi connectivity index (χ2v) is 6.45.